The summed E-state index contributed by atoms with van der Waals surface area (Å²) < 4.78 is 0. The Morgan fingerprint density at radius 3 is 2.30 bits per heavy atom. The smallest absolute Gasteiger partial charge is 0.305 e. The van der Waals surface area contributed by atoms with Gasteiger partial charge in [-0.05, 0) is 35.9 Å². The average Bonchev–Trinajstić information content (AvgIpc) is 3.22. The molecule has 5 rings (SSSR count). The van der Waals surface area contributed by atoms with Gasteiger partial charge in [-0.2, -0.15) is 0 Å². The minimum atomic E-state index is -2.14. The molecule has 0 aromatic heterocycles. The summed E-state index contributed by atoms with van der Waals surface area (Å²) >= 11 is 12.1. The number of urea groups is 1. The third kappa shape index (κ3) is 3.04. The molecule has 3 aromatic carbocycles. The van der Waals surface area contributed by atoms with E-state index in [1.54, 1.807) is 60.7 Å². The Morgan fingerprint density at radius 1 is 0.879 bits per heavy atom. The van der Waals surface area contributed by atoms with E-state index in [0.29, 0.717) is 21.3 Å². The van der Waals surface area contributed by atoms with Gasteiger partial charge in [-0.15, -0.1) is 0 Å². The molecule has 7 nitrogen and oxygen atoms in total. The van der Waals surface area contributed by atoms with Crippen LogP contribution in [0.3, 0.4) is 0 Å². The summed E-state index contributed by atoms with van der Waals surface area (Å²) in [5.41, 5.74) is -0.631. The molecule has 3 aromatic rings. The van der Waals surface area contributed by atoms with Crippen LogP contribution in [0, 0.1) is 0 Å². The molecule has 1 unspecified atom stereocenters. The summed E-state index contributed by atoms with van der Waals surface area (Å²) in [7, 11) is 0. The van der Waals surface area contributed by atoms with Crippen molar-refractivity contribution in [3.8, 4) is 0 Å². The number of imide groups is 2. The topological polar surface area (TPSA) is 86.8 Å². The first-order valence-corrected chi connectivity index (χ1v) is 10.7. The van der Waals surface area contributed by atoms with Crippen LogP contribution in [-0.4, -0.2) is 28.7 Å². The maximum atomic E-state index is 13.9. The summed E-state index contributed by atoms with van der Waals surface area (Å²) in [6.07, 6.45) is 0. The van der Waals surface area contributed by atoms with Crippen molar-refractivity contribution in [2.24, 2.45) is 0 Å². The number of para-hydroxylation sites is 1. The average molecular weight is 480 g/mol. The van der Waals surface area contributed by atoms with Crippen molar-refractivity contribution in [3.05, 3.63) is 99.5 Å². The number of rotatable bonds is 3. The Hall–Kier alpha value is -3.68. The number of halogens is 2. The molecule has 1 fully saturated rings. The van der Waals surface area contributed by atoms with E-state index < -0.39 is 29.3 Å². The molecular weight excluding hydrogens is 465 g/mol. The van der Waals surface area contributed by atoms with Crippen LogP contribution in [0.2, 0.25) is 10.0 Å². The number of nitrogens with zero attached hydrogens (tertiary/aromatic N) is 2. The lowest BCUT2D eigenvalue weighted by atomic mass is 9.89. The summed E-state index contributed by atoms with van der Waals surface area (Å²) in [4.78, 5) is 55.4. The van der Waals surface area contributed by atoms with E-state index >= 15 is 0 Å². The zero-order valence-corrected chi connectivity index (χ0v) is 18.4. The Kier molecular flexibility index (Phi) is 4.96. The Balaban J connectivity index is 1.65. The van der Waals surface area contributed by atoms with Crippen molar-refractivity contribution in [1.29, 1.82) is 0 Å². The van der Waals surface area contributed by atoms with Gasteiger partial charge in [0.1, 0.15) is 0 Å². The fourth-order valence-electron chi connectivity index (χ4n) is 4.30. The molecule has 2 aliphatic rings. The Bertz CT molecular complexity index is 1340. The third-order valence-electron chi connectivity index (χ3n) is 5.78. The van der Waals surface area contributed by atoms with Gasteiger partial charge >= 0.3 is 6.03 Å². The predicted octanol–water partition coefficient (Wildman–Crippen LogP) is 4.13. The Labute approximate surface area is 198 Å². The Morgan fingerprint density at radius 2 is 1.58 bits per heavy atom. The first kappa shape index (κ1) is 21.2. The van der Waals surface area contributed by atoms with Gasteiger partial charge in [-0.25, -0.2) is 9.69 Å². The van der Waals surface area contributed by atoms with Gasteiger partial charge in [0, 0.05) is 11.1 Å². The third-order valence-corrected chi connectivity index (χ3v) is 6.51. The summed E-state index contributed by atoms with van der Waals surface area (Å²) in [6, 6.07) is 18.6. The molecule has 5 amide bonds. The first-order valence-electron chi connectivity index (χ1n) is 9.96. The van der Waals surface area contributed by atoms with Crippen LogP contribution in [0.1, 0.15) is 21.5 Å². The van der Waals surface area contributed by atoms with E-state index in [0.717, 1.165) is 4.90 Å². The summed E-state index contributed by atoms with van der Waals surface area (Å²) in [5.74, 6) is -2.33. The number of nitrogens with one attached hydrogen (secondary N) is 1. The number of hydrogen-bond acceptors (Lipinski definition) is 4. The van der Waals surface area contributed by atoms with Crippen LogP contribution >= 0.6 is 23.2 Å². The standard InChI is InChI=1S/C24H15Cl2N3O4/c25-17-11-10-14(12-18(17)26)13-28-19-9-5-4-8-16(19)24(22(28)32)21(31)27-23(33)29(24)20(30)15-6-2-1-3-7-15/h1-12H,13H2,(H,27,31,33). The minimum absolute atomic E-state index is 0.0589. The number of anilines is 1. The highest BCUT2D eigenvalue weighted by Gasteiger charge is 2.67. The number of carbonyl (C=O) groups excluding carboxylic acids is 4. The van der Waals surface area contributed by atoms with E-state index in [1.165, 1.54) is 17.0 Å². The largest absolute Gasteiger partial charge is 0.332 e. The van der Waals surface area contributed by atoms with Crippen molar-refractivity contribution in [2.75, 3.05) is 4.90 Å². The van der Waals surface area contributed by atoms with E-state index in [4.69, 9.17) is 23.2 Å². The highest BCUT2D eigenvalue weighted by molar-refractivity contribution is 6.42. The zero-order valence-electron chi connectivity index (χ0n) is 16.9. The van der Waals surface area contributed by atoms with Crippen molar-refractivity contribution in [2.45, 2.75) is 12.1 Å². The fraction of sp³-hybridized carbons (Fsp3) is 0.0833. The minimum Gasteiger partial charge on any atom is -0.305 e. The lowest BCUT2D eigenvalue weighted by molar-refractivity contribution is -0.137. The van der Waals surface area contributed by atoms with Crippen LogP contribution in [0.4, 0.5) is 10.5 Å². The van der Waals surface area contributed by atoms with Gasteiger partial charge in [0.05, 0.1) is 22.3 Å². The molecule has 0 radical (unpaired) electrons. The SMILES string of the molecule is O=C1NC(=O)C2(C(=O)N(Cc3ccc(Cl)c(Cl)c3)c3ccccc32)N1C(=O)c1ccccc1. The number of fused-ring (bicyclic) bond motifs is 2. The van der Waals surface area contributed by atoms with Gasteiger partial charge in [-0.1, -0.05) is 65.7 Å². The van der Waals surface area contributed by atoms with E-state index in [2.05, 4.69) is 5.32 Å². The molecule has 1 atom stereocenters. The van der Waals surface area contributed by atoms with Gasteiger partial charge in [0.25, 0.3) is 17.7 Å². The van der Waals surface area contributed by atoms with Crippen LogP contribution < -0.4 is 10.2 Å². The van der Waals surface area contributed by atoms with Crippen LogP contribution in [0.5, 0.6) is 0 Å². The van der Waals surface area contributed by atoms with E-state index in [9.17, 15) is 19.2 Å². The van der Waals surface area contributed by atoms with Crippen molar-refractivity contribution in [3.63, 3.8) is 0 Å². The lowest BCUT2D eigenvalue weighted by Gasteiger charge is -2.29. The number of benzene rings is 3. The molecule has 0 aliphatic carbocycles. The van der Waals surface area contributed by atoms with Crippen LogP contribution in [0.15, 0.2) is 72.8 Å². The highest BCUT2D eigenvalue weighted by Crippen LogP contribution is 2.47. The fourth-order valence-corrected chi connectivity index (χ4v) is 4.62. The molecule has 33 heavy (non-hydrogen) atoms. The van der Waals surface area contributed by atoms with Crippen LogP contribution in [0.25, 0.3) is 0 Å². The summed E-state index contributed by atoms with van der Waals surface area (Å²) in [6.45, 7) is 0.0589. The lowest BCUT2D eigenvalue weighted by Crippen LogP contribution is -2.56. The molecule has 0 bridgehead atoms. The van der Waals surface area contributed by atoms with Crippen LogP contribution in [-0.2, 0) is 21.7 Å². The second-order valence-corrected chi connectivity index (χ2v) is 8.45. The molecule has 1 spiro atoms. The quantitative estimate of drug-likeness (QED) is 0.451. The molecule has 164 valence electrons. The zero-order chi connectivity index (χ0) is 23.3. The van der Waals surface area contributed by atoms with E-state index in [1.807, 2.05) is 0 Å². The number of hydrogen-bond donors (Lipinski definition) is 1. The van der Waals surface area contributed by atoms with E-state index in [-0.39, 0.29) is 17.7 Å². The van der Waals surface area contributed by atoms with Crippen molar-refractivity contribution < 1.29 is 19.2 Å². The molecule has 9 heteroatoms. The summed E-state index contributed by atoms with van der Waals surface area (Å²) in [5, 5.41) is 2.85. The normalized spacial score (nSPS) is 19.3. The molecule has 1 saturated heterocycles. The molecular formula is C24H15Cl2N3O4. The van der Waals surface area contributed by atoms with Gasteiger partial charge < -0.3 is 4.90 Å². The highest BCUT2D eigenvalue weighted by atomic mass is 35.5. The maximum Gasteiger partial charge on any atom is 0.332 e. The van der Waals surface area contributed by atoms with Crippen molar-refractivity contribution in [1.82, 2.24) is 10.2 Å². The number of amides is 5. The van der Waals surface area contributed by atoms with Gasteiger partial charge in [-0.3, -0.25) is 19.7 Å². The maximum absolute atomic E-state index is 13.9. The second-order valence-electron chi connectivity index (χ2n) is 7.63. The molecule has 0 saturated carbocycles. The second kappa shape index (κ2) is 7.72. The number of carbonyl (C=O) groups is 4. The molecule has 1 N–H and O–H groups in total. The molecule has 2 heterocycles. The van der Waals surface area contributed by atoms with Gasteiger partial charge in [0.2, 0.25) is 5.54 Å². The first-order chi connectivity index (χ1) is 15.9. The predicted molar refractivity (Wildman–Crippen MR) is 122 cm³/mol. The van der Waals surface area contributed by atoms with Gasteiger partial charge in [0.15, 0.2) is 0 Å². The molecule has 2 aliphatic heterocycles. The van der Waals surface area contributed by atoms with Crippen molar-refractivity contribution >= 4 is 52.6 Å². The monoisotopic (exact) mass is 479 g/mol.